The monoisotopic (exact) mass is 436 g/mol. The van der Waals surface area contributed by atoms with Gasteiger partial charge in [-0.3, -0.25) is 14.3 Å². The van der Waals surface area contributed by atoms with Crippen LogP contribution in [0.3, 0.4) is 0 Å². The molecule has 0 aliphatic carbocycles. The first-order chi connectivity index (χ1) is 15.2. The first kappa shape index (κ1) is 21.5. The van der Waals surface area contributed by atoms with E-state index in [1.165, 1.54) is 11.8 Å². The van der Waals surface area contributed by atoms with Crippen molar-refractivity contribution in [2.75, 3.05) is 32.7 Å². The third kappa shape index (κ3) is 5.14. The predicted octanol–water partition coefficient (Wildman–Crippen LogP) is 3.03. The lowest BCUT2D eigenvalue weighted by atomic mass is 10.2. The predicted molar refractivity (Wildman–Crippen MR) is 123 cm³/mol. The Balaban J connectivity index is 1.55. The van der Waals surface area contributed by atoms with Gasteiger partial charge in [-0.25, -0.2) is 0 Å². The molecular weight excluding hydrogens is 408 g/mol. The number of hydrogen-bond donors (Lipinski definition) is 0. The van der Waals surface area contributed by atoms with Crippen LogP contribution < -0.4 is 0 Å². The third-order valence-electron chi connectivity index (χ3n) is 5.58. The summed E-state index contributed by atoms with van der Waals surface area (Å²) in [6, 6.07) is 14.1. The van der Waals surface area contributed by atoms with Crippen molar-refractivity contribution in [2.45, 2.75) is 30.8 Å². The SMILES string of the molecule is CCN1CCN(C(=O)C(C)Sc2nnc(-c3cccnc3)n2Cc2ccccc2)CC1. The molecule has 1 atom stereocenters. The van der Waals surface area contributed by atoms with Crippen molar-refractivity contribution in [2.24, 2.45) is 0 Å². The highest BCUT2D eigenvalue weighted by Gasteiger charge is 2.27. The van der Waals surface area contributed by atoms with Gasteiger partial charge in [0.25, 0.3) is 0 Å². The second kappa shape index (κ2) is 10.1. The fourth-order valence-corrected chi connectivity index (χ4v) is 4.68. The number of carbonyl (C=O) groups excluding carboxylic acids is 1. The number of hydrogen-bond acceptors (Lipinski definition) is 6. The zero-order valence-corrected chi connectivity index (χ0v) is 18.8. The Kier molecular flexibility index (Phi) is 6.99. The summed E-state index contributed by atoms with van der Waals surface area (Å²) in [4.78, 5) is 21.6. The summed E-state index contributed by atoms with van der Waals surface area (Å²) < 4.78 is 2.08. The van der Waals surface area contributed by atoms with Gasteiger partial charge in [0.2, 0.25) is 5.91 Å². The van der Waals surface area contributed by atoms with Gasteiger partial charge in [-0.15, -0.1) is 10.2 Å². The number of thioether (sulfide) groups is 1. The number of piperazine rings is 1. The normalized spacial score (nSPS) is 15.7. The van der Waals surface area contributed by atoms with Crippen molar-refractivity contribution >= 4 is 17.7 Å². The van der Waals surface area contributed by atoms with E-state index >= 15 is 0 Å². The first-order valence-corrected chi connectivity index (χ1v) is 11.6. The molecule has 0 radical (unpaired) electrons. The lowest BCUT2D eigenvalue weighted by molar-refractivity contribution is -0.132. The summed E-state index contributed by atoms with van der Waals surface area (Å²) in [5.74, 6) is 0.925. The standard InChI is InChI=1S/C23H28N6OS/c1-3-27-12-14-28(15-13-27)22(30)18(2)31-23-26-25-21(20-10-7-11-24-16-20)29(23)17-19-8-5-4-6-9-19/h4-11,16,18H,3,12-15,17H2,1-2H3. The summed E-state index contributed by atoms with van der Waals surface area (Å²) >= 11 is 1.48. The van der Waals surface area contributed by atoms with Crippen LogP contribution >= 0.6 is 11.8 Å². The molecular formula is C23H28N6OS. The Morgan fingerprint density at radius 2 is 1.84 bits per heavy atom. The van der Waals surface area contributed by atoms with Gasteiger partial charge in [0.1, 0.15) is 0 Å². The molecule has 3 aromatic rings. The Bertz CT molecular complexity index is 986. The summed E-state index contributed by atoms with van der Waals surface area (Å²) in [6.07, 6.45) is 3.54. The van der Waals surface area contributed by atoms with Crippen LogP contribution in [0, 0.1) is 0 Å². The zero-order chi connectivity index (χ0) is 21.6. The molecule has 1 unspecified atom stereocenters. The molecule has 0 bridgehead atoms. The minimum absolute atomic E-state index is 0.165. The summed E-state index contributed by atoms with van der Waals surface area (Å²) in [5.41, 5.74) is 2.07. The maximum atomic E-state index is 13.1. The molecule has 1 fully saturated rings. The number of rotatable bonds is 7. The Morgan fingerprint density at radius 1 is 1.06 bits per heavy atom. The fourth-order valence-electron chi connectivity index (χ4n) is 3.74. The summed E-state index contributed by atoms with van der Waals surface area (Å²) in [6.45, 7) is 9.25. The zero-order valence-electron chi connectivity index (χ0n) is 18.0. The molecule has 0 N–H and O–H groups in total. The third-order valence-corrected chi connectivity index (χ3v) is 6.65. The van der Waals surface area contributed by atoms with Crippen LogP contribution in [0.4, 0.5) is 0 Å². The number of aromatic nitrogens is 4. The minimum Gasteiger partial charge on any atom is -0.339 e. The molecule has 1 aliphatic rings. The molecule has 162 valence electrons. The van der Waals surface area contributed by atoms with Gasteiger partial charge in [-0.2, -0.15) is 0 Å². The van der Waals surface area contributed by atoms with Gasteiger partial charge >= 0.3 is 0 Å². The number of carbonyl (C=O) groups is 1. The van der Waals surface area contributed by atoms with Crippen LogP contribution in [0.15, 0.2) is 60.0 Å². The fraction of sp³-hybridized carbons (Fsp3) is 0.391. The molecule has 7 nitrogen and oxygen atoms in total. The number of likely N-dealkylation sites (N-methyl/N-ethyl adjacent to an activating group) is 1. The number of nitrogens with zero attached hydrogens (tertiary/aromatic N) is 6. The molecule has 0 spiro atoms. The van der Waals surface area contributed by atoms with E-state index < -0.39 is 0 Å². The molecule has 1 amide bonds. The molecule has 3 heterocycles. The minimum atomic E-state index is -0.228. The van der Waals surface area contributed by atoms with Crippen molar-refractivity contribution in [3.05, 3.63) is 60.4 Å². The van der Waals surface area contributed by atoms with Crippen molar-refractivity contribution in [1.82, 2.24) is 29.5 Å². The highest BCUT2D eigenvalue weighted by atomic mass is 32.2. The van der Waals surface area contributed by atoms with Crippen molar-refractivity contribution in [1.29, 1.82) is 0 Å². The van der Waals surface area contributed by atoms with E-state index in [0.29, 0.717) is 6.54 Å². The van der Waals surface area contributed by atoms with Gasteiger partial charge in [-0.1, -0.05) is 49.0 Å². The molecule has 1 aliphatic heterocycles. The summed E-state index contributed by atoms with van der Waals surface area (Å²) in [7, 11) is 0. The number of amides is 1. The smallest absolute Gasteiger partial charge is 0.235 e. The van der Waals surface area contributed by atoms with Crippen molar-refractivity contribution < 1.29 is 4.79 Å². The van der Waals surface area contributed by atoms with E-state index in [4.69, 9.17) is 0 Å². The van der Waals surface area contributed by atoms with Gasteiger partial charge in [0.15, 0.2) is 11.0 Å². The number of pyridine rings is 1. The molecule has 8 heteroatoms. The highest BCUT2D eigenvalue weighted by Crippen LogP contribution is 2.28. The Morgan fingerprint density at radius 3 is 2.52 bits per heavy atom. The maximum absolute atomic E-state index is 13.1. The second-order valence-corrected chi connectivity index (χ2v) is 8.95. The lowest BCUT2D eigenvalue weighted by Crippen LogP contribution is -2.50. The van der Waals surface area contributed by atoms with Crippen LogP contribution in [-0.2, 0) is 11.3 Å². The highest BCUT2D eigenvalue weighted by molar-refractivity contribution is 8.00. The lowest BCUT2D eigenvalue weighted by Gasteiger charge is -2.35. The topological polar surface area (TPSA) is 67.2 Å². The Labute approximate surface area is 187 Å². The van der Waals surface area contributed by atoms with Crippen LogP contribution in [0.2, 0.25) is 0 Å². The van der Waals surface area contributed by atoms with Crippen LogP contribution in [0.5, 0.6) is 0 Å². The second-order valence-electron chi connectivity index (χ2n) is 7.64. The van der Waals surface area contributed by atoms with E-state index in [9.17, 15) is 4.79 Å². The average molecular weight is 437 g/mol. The van der Waals surface area contributed by atoms with E-state index in [1.54, 1.807) is 12.4 Å². The largest absolute Gasteiger partial charge is 0.339 e. The van der Waals surface area contributed by atoms with Crippen LogP contribution in [-0.4, -0.2) is 73.4 Å². The molecule has 1 aromatic carbocycles. The van der Waals surface area contributed by atoms with Gasteiger partial charge in [0, 0.05) is 44.1 Å². The Hall–Kier alpha value is -2.71. The van der Waals surface area contributed by atoms with Crippen molar-refractivity contribution in [3.8, 4) is 11.4 Å². The van der Waals surface area contributed by atoms with Crippen LogP contribution in [0.1, 0.15) is 19.4 Å². The van der Waals surface area contributed by atoms with Gasteiger partial charge in [-0.05, 0) is 31.2 Å². The molecule has 1 saturated heterocycles. The van der Waals surface area contributed by atoms with E-state index in [2.05, 4.69) is 43.7 Å². The maximum Gasteiger partial charge on any atom is 0.235 e. The summed E-state index contributed by atoms with van der Waals surface area (Å²) in [5, 5.41) is 9.42. The molecule has 4 rings (SSSR count). The van der Waals surface area contributed by atoms with Crippen LogP contribution in [0.25, 0.3) is 11.4 Å². The molecule has 31 heavy (non-hydrogen) atoms. The first-order valence-electron chi connectivity index (χ1n) is 10.7. The molecule has 0 saturated carbocycles. The van der Waals surface area contributed by atoms with Crippen molar-refractivity contribution in [3.63, 3.8) is 0 Å². The molecule has 2 aromatic heterocycles. The van der Waals surface area contributed by atoms with E-state index in [-0.39, 0.29) is 11.2 Å². The number of benzene rings is 1. The van der Waals surface area contributed by atoms with Gasteiger partial charge in [0.05, 0.1) is 11.8 Å². The van der Waals surface area contributed by atoms with E-state index in [0.717, 1.165) is 54.8 Å². The average Bonchev–Trinajstić information content (AvgIpc) is 3.21. The van der Waals surface area contributed by atoms with Gasteiger partial charge < -0.3 is 9.80 Å². The quantitative estimate of drug-likeness (QED) is 0.531. The van der Waals surface area contributed by atoms with E-state index in [1.807, 2.05) is 42.2 Å².